The Hall–Kier alpha value is -3.13. The lowest BCUT2D eigenvalue weighted by molar-refractivity contribution is -0.120. The molecule has 190 valence electrons. The van der Waals surface area contributed by atoms with Crippen molar-refractivity contribution in [2.75, 3.05) is 58.4 Å². The summed E-state index contributed by atoms with van der Waals surface area (Å²) in [6.45, 7) is 4.98. The van der Waals surface area contributed by atoms with Crippen molar-refractivity contribution >= 4 is 51.8 Å². The largest absolute Gasteiger partial charge is 0.495 e. The summed E-state index contributed by atoms with van der Waals surface area (Å²) in [5, 5.41) is 4.91. The van der Waals surface area contributed by atoms with E-state index in [0.717, 1.165) is 60.8 Å². The van der Waals surface area contributed by atoms with E-state index in [0.29, 0.717) is 16.6 Å². The molecule has 1 aliphatic rings. The number of ether oxygens (including phenoxy) is 2. The van der Waals surface area contributed by atoms with Gasteiger partial charge in [-0.3, -0.25) is 9.69 Å². The predicted octanol–water partition coefficient (Wildman–Crippen LogP) is 4.97. The first-order chi connectivity index (χ1) is 17.5. The first kappa shape index (κ1) is 25.9. The van der Waals surface area contributed by atoms with Gasteiger partial charge in [0, 0.05) is 55.9 Å². The van der Waals surface area contributed by atoms with Gasteiger partial charge in [-0.2, -0.15) is 0 Å². The van der Waals surface area contributed by atoms with E-state index < -0.39 is 0 Å². The predicted molar refractivity (Wildman–Crippen MR) is 147 cm³/mol. The van der Waals surface area contributed by atoms with Gasteiger partial charge in [0.05, 0.1) is 30.0 Å². The Morgan fingerprint density at radius 2 is 1.83 bits per heavy atom. The molecule has 0 atom stereocenters. The van der Waals surface area contributed by atoms with Gasteiger partial charge in [0.15, 0.2) is 5.76 Å². The van der Waals surface area contributed by atoms with E-state index in [-0.39, 0.29) is 11.7 Å². The molecule has 2 aromatic carbocycles. The van der Waals surface area contributed by atoms with E-state index in [9.17, 15) is 4.79 Å². The monoisotopic (exact) mass is 528 g/mol. The number of carbonyl (C=O) groups excluding carboxylic acids is 1. The molecule has 0 aliphatic carbocycles. The molecule has 9 heteroatoms. The number of benzene rings is 2. The lowest BCUT2D eigenvalue weighted by Crippen LogP contribution is -2.48. The molecule has 1 aromatic heterocycles. The maximum absolute atomic E-state index is 12.6. The van der Waals surface area contributed by atoms with Crippen LogP contribution in [0.1, 0.15) is 5.69 Å². The summed E-state index contributed by atoms with van der Waals surface area (Å²) in [4.78, 5) is 20.5. The van der Waals surface area contributed by atoms with Crippen molar-refractivity contribution in [3.05, 3.63) is 76.1 Å². The van der Waals surface area contributed by atoms with Crippen LogP contribution in [0, 0.1) is 0 Å². The van der Waals surface area contributed by atoms with Crippen LogP contribution in [0.4, 0.5) is 5.69 Å². The topological polar surface area (TPSA) is 69.8 Å². The number of H-pyrrole nitrogens is 1. The molecule has 36 heavy (non-hydrogen) atoms. The lowest BCUT2D eigenvalue weighted by Gasteiger charge is -2.36. The number of allylic oxidation sites excluding steroid dienone is 2. The molecule has 1 fully saturated rings. The average Bonchev–Trinajstić information content (AvgIpc) is 3.28. The minimum Gasteiger partial charge on any atom is -0.495 e. The van der Waals surface area contributed by atoms with Gasteiger partial charge in [-0.15, -0.1) is 0 Å². The number of aromatic nitrogens is 1. The summed E-state index contributed by atoms with van der Waals surface area (Å²) >= 11 is 12.2. The molecule has 3 aromatic rings. The minimum absolute atomic E-state index is 0.245. The van der Waals surface area contributed by atoms with Crippen LogP contribution in [-0.2, 0) is 9.53 Å². The summed E-state index contributed by atoms with van der Waals surface area (Å²) in [5.74, 6) is 0.893. The highest BCUT2D eigenvalue weighted by Crippen LogP contribution is 2.29. The van der Waals surface area contributed by atoms with Gasteiger partial charge < -0.3 is 24.7 Å². The number of anilines is 1. The van der Waals surface area contributed by atoms with Gasteiger partial charge in [0.1, 0.15) is 5.75 Å². The van der Waals surface area contributed by atoms with Gasteiger partial charge in [-0.25, -0.2) is 0 Å². The summed E-state index contributed by atoms with van der Waals surface area (Å²) in [6, 6.07) is 13.7. The Morgan fingerprint density at radius 1 is 1.08 bits per heavy atom. The smallest absolute Gasteiger partial charge is 0.286 e. The second-order valence-corrected chi connectivity index (χ2v) is 9.24. The Kier molecular flexibility index (Phi) is 8.80. The second-order valence-electron chi connectivity index (χ2n) is 8.43. The van der Waals surface area contributed by atoms with Gasteiger partial charge in [-0.1, -0.05) is 41.4 Å². The third kappa shape index (κ3) is 6.35. The Balaban J connectivity index is 1.24. The number of hydrogen-bond acceptors (Lipinski definition) is 5. The molecule has 1 amide bonds. The average molecular weight is 529 g/mol. The maximum Gasteiger partial charge on any atom is 0.286 e. The number of piperazine rings is 1. The van der Waals surface area contributed by atoms with E-state index >= 15 is 0 Å². The number of hydrogen-bond donors (Lipinski definition) is 2. The molecule has 0 bridgehead atoms. The number of aromatic amines is 1. The molecule has 2 N–H and O–H groups in total. The normalized spacial score (nSPS) is 15.0. The molecule has 0 unspecified atom stereocenters. The molecule has 0 radical (unpaired) electrons. The quantitative estimate of drug-likeness (QED) is 0.233. The molecular formula is C27H30Cl2N4O3. The third-order valence-corrected chi connectivity index (χ3v) is 6.88. The lowest BCUT2D eigenvalue weighted by atomic mass is 10.2. The van der Waals surface area contributed by atoms with Crippen molar-refractivity contribution < 1.29 is 14.3 Å². The molecular weight excluding hydrogens is 499 g/mol. The fraction of sp³-hybridized carbons (Fsp3) is 0.296. The highest BCUT2D eigenvalue weighted by Gasteiger charge is 2.19. The first-order valence-corrected chi connectivity index (χ1v) is 12.5. The number of amides is 1. The molecule has 0 saturated carbocycles. The molecule has 7 nitrogen and oxygen atoms in total. The summed E-state index contributed by atoms with van der Waals surface area (Å²) in [5.41, 5.74) is 2.88. The number of methoxy groups -OCH3 is 2. The third-order valence-electron chi connectivity index (χ3n) is 6.16. The van der Waals surface area contributed by atoms with Gasteiger partial charge in [-0.05, 0) is 42.5 Å². The molecule has 4 rings (SSSR count). The Bertz CT molecular complexity index is 1220. The number of halogens is 2. The number of para-hydroxylation sites is 2. The fourth-order valence-corrected chi connectivity index (χ4v) is 4.57. The first-order valence-electron chi connectivity index (χ1n) is 11.8. The van der Waals surface area contributed by atoms with Crippen LogP contribution in [0.5, 0.6) is 5.75 Å². The second kappa shape index (κ2) is 12.2. The highest BCUT2D eigenvalue weighted by molar-refractivity contribution is 6.42. The number of nitrogens with zero attached hydrogens (tertiary/aromatic N) is 2. The van der Waals surface area contributed by atoms with Gasteiger partial charge >= 0.3 is 0 Å². The highest BCUT2D eigenvalue weighted by atomic mass is 35.5. The van der Waals surface area contributed by atoms with E-state index in [1.807, 2.05) is 36.4 Å². The van der Waals surface area contributed by atoms with Crippen molar-refractivity contribution in [3.63, 3.8) is 0 Å². The zero-order valence-electron chi connectivity index (χ0n) is 20.4. The van der Waals surface area contributed by atoms with Gasteiger partial charge in [0.2, 0.25) is 0 Å². The van der Waals surface area contributed by atoms with Crippen LogP contribution < -0.4 is 15.0 Å². The molecule has 1 saturated heterocycles. The zero-order chi connectivity index (χ0) is 25.5. The number of carbonyl (C=O) groups is 1. The van der Waals surface area contributed by atoms with Crippen molar-refractivity contribution in [1.82, 2.24) is 15.2 Å². The van der Waals surface area contributed by atoms with E-state index in [1.54, 1.807) is 25.3 Å². The fourth-order valence-electron chi connectivity index (χ4n) is 4.23. The SMILES string of the molecule is CO/C(=C/C=C/c1cc2cc(Cl)c(Cl)cc2[nH]1)C(=O)NCCN1CCN(c2ccccc2OC)CC1. The van der Waals surface area contributed by atoms with Crippen LogP contribution in [0.2, 0.25) is 10.0 Å². The van der Waals surface area contributed by atoms with Crippen molar-refractivity contribution in [2.24, 2.45) is 0 Å². The Labute approximate surface area is 221 Å². The number of fused-ring (bicyclic) bond motifs is 1. The molecule has 0 spiro atoms. The van der Waals surface area contributed by atoms with Crippen molar-refractivity contribution in [1.29, 1.82) is 0 Å². The molecule has 2 heterocycles. The minimum atomic E-state index is -0.245. The molecule has 1 aliphatic heterocycles. The zero-order valence-corrected chi connectivity index (χ0v) is 21.9. The summed E-state index contributed by atoms with van der Waals surface area (Å²) in [6.07, 6.45) is 5.27. The summed E-state index contributed by atoms with van der Waals surface area (Å²) < 4.78 is 10.8. The number of nitrogens with one attached hydrogen (secondary N) is 2. The van der Waals surface area contributed by atoms with Crippen molar-refractivity contribution in [3.8, 4) is 5.75 Å². The van der Waals surface area contributed by atoms with E-state index in [1.165, 1.54) is 7.11 Å². The number of rotatable bonds is 9. The van der Waals surface area contributed by atoms with E-state index in [4.69, 9.17) is 32.7 Å². The maximum atomic E-state index is 12.6. The van der Waals surface area contributed by atoms with Crippen LogP contribution in [-0.4, -0.2) is 69.3 Å². The van der Waals surface area contributed by atoms with Crippen LogP contribution in [0.3, 0.4) is 0 Å². The Morgan fingerprint density at radius 3 is 2.58 bits per heavy atom. The summed E-state index contributed by atoms with van der Waals surface area (Å²) in [7, 11) is 3.19. The van der Waals surface area contributed by atoms with Gasteiger partial charge in [0.25, 0.3) is 5.91 Å². The van der Waals surface area contributed by atoms with Crippen LogP contribution in [0.15, 0.2) is 60.4 Å². The van der Waals surface area contributed by atoms with Crippen LogP contribution in [0.25, 0.3) is 17.0 Å². The van der Waals surface area contributed by atoms with E-state index in [2.05, 4.69) is 26.2 Å². The van der Waals surface area contributed by atoms with Crippen LogP contribution >= 0.6 is 23.2 Å². The van der Waals surface area contributed by atoms with Crippen molar-refractivity contribution in [2.45, 2.75) is 0 Å². The standard InChI is InChI=1S/C27H30Cl2N4O3/c1-35-25-8-4-3-7-24(25)33-14-12-32(13-15-33)11-10-30-27(34)26(36-2)9-5-6-20-16-19-17-21(28)22(29)18-23(19)31-20/h3-9,16-18,31H,10-15H2,1-2H3,(H,30,34)/b6-5+,26-9+.